The van der Waals surface area contributed by atoms with E-state index in [-0.39, 0.29) is 0 Å². The Morgan fingerprint density at radius 3 is 2.47 bits per heavy atom. The smallest absolute Gasteiger partial charge is 0.148 e. The van der Waals surface area contributed by atoms with Gasteiger partial charge in [-0.2, -0.15) is 0 Å². The van der Waals surface area contributed by atoms with Crippen molar-refractivity contribution in [2.24, 2.45) is 0 Å². The van der Waals surface area contributed by atoms with Gasteiger partial charge in [0.1, 0.15) is 5.82 Å². The molecule has 0 aliphatic carbocycles. The Hall–Kier alpha value is -1.68. The van der Waals surface area contributed by atoms with Gasteiger partial charge >= 0.3 is 0 Å². The third-order valence-corrected chi connectivity index (χ3v) is 2.81. The first kappa shape index (κ1) is 11.8. The van der Waals surface area contributed by atoms with Crippen LogP contribution >= 0.6 is 0 Å². The van der Waals surface area contributed by atoms with E-state index in [2.05, 4.69) is 27.5 Å². The lowest BCUT2D eigenvalue weighted by Gasteiger charge is -2.13. The van der Waals surface area contributed by atoms with Crippen LogP contribution in [0.5, 0.6) is 0 Å². The van der Waals surface area contributed by atoms with Crippen LogP contribution in [0, 0.1) is 6.92 Å². The summed E-state index contributed by atoms with van der Waals surface area (Å²) < 4.78 is 0. The average Bonchev–Trinajstić information content (AvgIpc) is 2.35. The van der Waals surface area contributed by atoms with Crippen LogP contribution in [0.4, 0.5) is 5.82 Å². The minimum atomic E-state index is 0.405. The molecule has 0 aliphatic heterocycles. The van der Waals surface area contributed by atoms with Crippen molar-refractivity contribution in [1.29, 1.82) is 0 Å². The minimum absolute atomic E-state index is 0.405. The zero-order chi connectivity index (χ0) is 12.3. The number of nitrogens with zero attached hydrogens (tertiary/aromatic N) is 2. The van der Waals surface area contributed by atoms with Crippen molar-refractivity contribution in [3.8, 4) is 0 Å². The van der Waals surface area contributed by atoms with Gasteiger partial charge in [-0.25, -0.2) is 9.97 Å². The number of hydrogen-bond acceptors (Lipinski definition) is 4. The van der Waals surface area contributed by atoms with Crippen LogP contribution in [0.15, 0.2) is 24.3 Å². The molecule has 0 saturated heterocycles. The number of para-hydroxylation sites is 2. The molecule has 1 atom stereocenters. The zero-order valence-corrected chi connectivity index (χ0v) is 10.5. The van der Waals surface area contributed by atoms with Crippen LogP contribution in [0.1, 0.15) is 12.6 Å². The molecule has 0 radical (unpaired) electrons. The molecular formula is C13H18N4. The number of rotatable bonds is 4. The summed E-state index contributed by atoms with van der Waals surface area (Å²) in [6.07, 6.45) is 0. The zero-order valence-electron chi connectivity index (χ0n) is 10.5. The minimum Gasteiger partial charge on any atom is -0.367 e. The molecule has 0 saturated carbocycles. The van der Waals surface area contributed by atoms with Crippen molar-refractivity contribution in [2.45, 2.75) is 19.9 Å². The summed E-state index contributed by atoms with van der Waals surface area (Å²) in [4.78, 5) is 9.11. The van der Waals surface area contributed by atoms with Crippen LogP contribution in [0.3, 0.4) is 0 Å². The number of aromatic nitrogens is 2. The fourth-order valence-electron chi connectivity index (χ4n) is 1.61. The molecule has 90 valence electrons. The summed E-state index contributed by atoms with van der Waals surface area (Å²) >= 11 is 0. The van der Waals surface area contributed by atoms with Crippen LogP contribution in [-0.4, -0.2) is 29.6 Å². The first-order valence-corrected chi connectivity index (χ1v) is 5.85. The highest BCUT2D eigenvalue weighted by molar-refractivity contribution is 5.76. The summed E-state index contributed by atoms with van der Waals surface area (Å²) in [6.45, 7) is 4.94. The number of nitrogens with one attached hydrogen (secondary N) is 2. The molecule has 4 heteroatoms. The highest BCUT2D eigenvalue weighted by Crippen LogP contribution is 2.15. The van der Waals surface area contributed by atoms with Gasteiger partial charge in [-0.3, -0.25) is 0 Å². The second kappa shape index (κ2) is 5.10. The van der Waals surface area contributed by atoms with Crippen molar-refractivity contribution in [1.82, 2.24) is 15.3 Å². The Kier molecular flexibility index (Phi) is 3.54. The molecule has 0 amide bonds. The first-order valence-electron chi connectivity index (χ1n) is 5.85. The summed E-state index contributed by atoms with van der Waals surface area (Å²) in [5, 5.41) is 6.50. The molecule has 0 aliphatic rings. The normalized spacial score (nSPS) is 12.6. The van der Waals surface area contributed by atoms with Gasteiger partial charge in [0.05, 0.1) is 16.7 Å². The number of fused-ring (bicyclic) bond motifs is 1. The maximum absolute atomic E-state index is 4.58. The molecule has 17 heavy (non-hydrogen) atoms. The van der Waals surface area contributed by atoms with E-state index >= 15 is 0 Å². The Labute approximate surface area is 101 Å². The molecule has 1 unspecified atom stereocenters. The van der Waals surface area contributed by atoms with Crippen LogP contribution < -0.4 is 10.6 Å². The van der Waals surface area contributed by atoms with Crippen LogP contribution in [0.25, 0.3) is 11.0 Å². The Bertz CT molecular complexity index is 510. The third-order valence-electron chi connectivity index (χ3n) is 2.81. The van der Waals surface area contributed by atoms with E-state index in [9.17, 15) is 0 Å². The number of hydrogen-bond donors (Lipinski definition) is 2. The maximum Gasteiger partial charge on any atom is 0.148 e. The van der Waals surface area contributed by atoms with E-state index in [0.717, 1.165) is 29.1 Å². The number of likely N-dealkylation sites (N-methyl/N-ethyl adjacent to an activating group) is 1. The van der Waals surface area contributed by atoms with E-state index in [1.807, 2.05) is 38.2 Å². The van der Waals surface area contributed by atoms with Crippen molar-refractivity contribution < 1.29 is 0 Å². The van der Waals surface area contributed by atoms with Crippen LogP contribution in [-0.2, 0) is 0 Å². The van der Waals surface area contributed by atoms with E-state index in [0.29, 0.717) is 6.04 Å². The number of benzene rings is 1. The van der Waals surface area contributed by atoms with E-state index in [1.54, 1.807) is 0 Å². The molecule has 2 N–H and O–H groups in total. The van der Waals surface area contributed by atoms with Gasteiger partial charge in [0.25, 0.3) is 0 Å². The van der Waals surface area contributed by atoms with E-state index in [1.165, 1.54) is 0 Å². The predicted octanol–water partition coefficient (Wildman–Crippen LogP) is 1.96. The number of aryl methyl sites for hydroxylation is 1. The third kappa shape index (κ3) is 2.71. The molecule has 4 nitrogen and oxygen atoms in total. The molecule has 2 rings (SSSR count). The molecule has 0 bridgehead atoms. The largest absolute Gasteiger partial charge is 0.367 e. The maximum atomic E-state index is 4.58. The highest BCUT2D eigenvalue weighted by atomic mass is 15.0. The quantitative estimate of drug-likeness (QED) is 0.843. The lowest BCUT2D eigenvalue weighted by Crippen LogP contribution is -2.29. The Balaban J connectivity index is 2.25. The van der Waals surface area contributed by atoms with Crippen molar-refractivity contribution >= 4 is 16.9 Å². The lowest BCUT2D eigenvalue weighted by molar-refractivity contribution is 0.637. The standard InChI is InChI=1S/C13H18N4/c1-9(14-3)8-15-13-10(2)16-11-6-4-5-7-12(11)17-13/h4-7,9,14H,8H2,1-3H3,(H,15,17). The van der Waals surface area contributed by atoms with Gasteiger partial charge in [-0.1, -0.05) is 12.1 Å². The number of anilines is 1. The van der Waals surface area contributed by atoms with Crippen LogP contribution in [0.2, 0.25) is 0 Å². The van der Waals surface area contributed by atoms with E-state index < -0.39 is 0 Å². The SMILES string of the molecule is CNC(C)CNc1nc2ccccc2nc1C. The van der Waals surface area contributed by atoms with Gasteiger partial charge in [-0.05, 0) is 33.0 Å². The molecule has 0 spiro atoms. The van der Waals surface area contributed by atoms with Crippen molar-refractivity contribution in [3.63, 3.8) is 0 Å². The van der Waals surface area contributed by atoms with Crippen molar-refractivity contribution in [3.05, 3.63) is 30.0 Å². The molecule has 1 aromatic heterocycles. The van der Waals surface area contributed by atoms with Gasteiger partial charge in [0.15, 0.2) is 0 Å². The van der Waals surface area contributed by atoms with Crippen molar-refractivity contribution in [2.75, 3.05) is 18.9 Å². The fraction of sp³-hybridized carbons (Fsp3) is 0.385. The monoisotopic (exact) mass is 230 g/mol. The second-order valence-corrected chi connectivity index (χ2v) is 4.22. The Morgan fingerprint density at radius 2 is 1.82 bits per heavy atom. The topological polar surface area (TPSA) is 49.8 Å². The predicted molar refractivity (Wildman–Crippen MR) is 71.3 cm³/mol. The molecule has 2 aromatic rings. The molecular weight excluding hydrogens is 212 g/mol. The summed E-state index contributed by atoms with van der Waals surface area (Å²) in [7, 11) is 1.95. The summed E-state index contributed by atoms with van der Waals surface area (Å²) in [6, 6.07) is 8.32. The summed E-state index contributed by atoms with van der Waals surface area (Å²) in [5.74, 6) is 0.866. The lowest BCUT2D eigenvalue weighted by atomic mass is 10.3. The molecule has 0 fully saturated rings. The van der Waals surface area contributed by atoms with Gasteiger partial charge in [-0.15, -0.1) is 0 Å². The Morgan fingerprint density at radius 1 is 1.18 bits per heavy atom. The average molecular weight is 230 g/mol. The highest BCUT2D eigenvalue weighted by Gasteiger charge is 2.05. The van der Waals surface area contributed by atoms with E-state index in [4.69, 9.17) is 0 Å². The molecule has 1 heterocycles. The first-order chi connectivity index (χ1) is 8.20. The summed E-state index contributed by atoms with van der Waals surface area (Å²) in [5.41, 5.74) is 2.81. The van der Waals surface area contributed by atoms with Gasteiger partial charge < -0.3 is 10.6 Å². The molecule has 1 aromatic carbocycles. The van der Waals surface area contributed by atoms with Gasteiger partial charge in [0, 0.05) is 12.6 Å². The van der Waals surface area contributed by atoms with Gasteiger partial charge in [0.2, 0.25) is 0 Å². The fourth-order valence-corrected chi connectivity index (χ4v) is 1.61. The second-order valence-electron chi connectivity index (χ2n) is 4.22.